The highest BCUT2D eigenvalue weighted by Gasteiger charge is 2.20. The van der Waals surface area contributed by atoms with Crippen LogP contribution in [0, 0.1) is 6.92 Å². The predicted molar refractivity (Wildman–Crippen MR) is 113 cm³/mol. The summed E-state index contributed by atoms with van der Waals surface area (Å²) in [5.41, 5.74) is 1.21. The highest BCUT2D eigenvalue weighted by molar-refractivity contribution is 7.17. The molecule has 3 aromatic heterocycles. The van der Waals surface area contributed by atoms with E-state index in [0.29, 0.717) is 22.4 Å². The molecular formula is C19H20ClN5O4S. The van der Waals surface area contributed by atoms with Crippen LogP contribution in [0.15, 0.2) is 24.5 Å². The molecule has 0 atom stereocenters. The van der Waals surface area contributed by atoms with E-state index in [1.165, 1.54) is 19.5 Å². The molecule has 0 bridgehead atoms. The van der Waals surface area contributed by atoms with Gasteiger partial charge in [0.05, 0.1) is 24.5 Å². The third-order valence-electron chi connectivity index (χ3n) is 3.81. The maximum Gasteiger partial charge on any atom is 0.295 e. The van der Waals surface area contributed by atoms with Gasteiger partial charge in [-0.1, -0.05) is 16.7 Å². The molecule has 30 heavy (non-hydrogen) atoms. The second kappa shape index (κ2) is 8.90. The lowest BCUT2D eigenvalue weighted by molar-refractivity contribution is 0.0281. The molecule has 0 saturated heterocycles. The summed E-state index contributed by atoms with van der Waals surface area (Å²) in [4.78, 5) is 21.2. The van der Waals surface area contributed by atoms with Gasteiger partial charge in [0.15, 0.2) is 0 Å². The van der Waals surface area contributed by atoms with Crippen LogP contribution >= 0.6 is 22.9 Å². The third kappa shape index (κ3) is 5.41. The summed E-state index contributed by atoms with van der Waals surface area (Å²) < 4.78 is 10.8. The Kier molecular flexibility index (Phi) is 6.49. The minimum absolute atomic E-state index is 0.0458. The van der Waals surface area contributed by atoms with E-state index < -0.39 is 11.5 Å². The Hall–Kier alpha value is -2.82. The summed E-state index contributed by atoms with van der Waals surface area (Å²) in [5.74, 6) is 0.0370. The van der Waals surface area contributed by atoms with E-state index in [1.807, 2.05) is 6.92 Å². The maximum absolute atomic E-state index is 12.9. The summed E-state index contributed by atoms with van der Waals surface area (Å²) in [5, 5.41) is 20.9. The topological polar surface area (TPSA) is 119 Å². The van der Waals surface area contributed by atoms with Crippen LogP contribution in [0.3, 0.4) is 0 Å². The van der Waals surface area contributed by atoms with E-state index in [1.54, 1.807) is 26.0 Å². The van der Waals surface area contributed by atoms with Crippen molar-refractivity contribution in [2.75, 3.05) is 19.0 Å². The van der Waals surface area contributed by atoms with Crippen molar-refractivity contribution in [3.05, 3.63) is 40.9 Å². The van der Waals surface area contributed by atoms with Gasteiger partial charge in [-0.2, -0.15) is 0 Å². The number of nitrogens with zero attached hydrogens (tertiary/aromatic N) is 4. The fourth-order valence-corrected chi connectivity index (χ4v) is 3.22. The number of aromatic nitrogens is 4. The van der Waals surface area contributed by atoms with Crippen LogP contribution in [-0.4, -0.2) is 50.5 Å². The maximum atomic E-state index is 12.9. The van der Waals surface area contributed by atoms with E-state index in [9.17, 15) is 9.90 Å². The lowest BCUT2D eigenvalue weighted by Crippen LogP contribution is -2.27. The number of aryl methyl sites for hydroxylation is 1. The number of pyridine rings is 2. The normalized spacial score (nSPS) is 11.3. The minimum atomic E-state index is -1.01. The number of amides is 1. The van der Waals surface area contributed by atoms with Crippen molar-refractivity contribution in [1.29, 1.82) is 0 Å². The average Bonchev–Trinajstić information content (AvgIpc) is 3.13. The number of rotatable bonds is 7. The van der Waals surface area contributed by atoms with Gasteiger partial charge in [0.25, 0.3) is 11.1 Å². The number of halogens is 1. The van der Waals surface area contributed by atoms with Gasteiger partial charge in [0, 0.05) is 23.0 Å². The van der Waals surface area contributed by atoms with Gasteiger partial charge < -0.3 is 14.6 Å². The van der Waals surface area contributed by atoms with E-state index in [0.717, 1.165) is 17.0 Å². The molecular weight excluding hydrogens is 430 g/mol. The first kappa shape index (κ1) is 21.9. The van der Waals surface area contributed by atoms with Crippen molar-refractivity contribution in [2.45, 2.75) is 26.4 Å². The summed E-state index contributed by atoms with van der Waals surface area (Å²) >= 11 is 7.11. The molecule has 0 aromatic carbocycles. The second-order valence-corrected chi connectivity index (χ2v) is 8.33. The molecule has 1 amide bonds. The Bertz CT molecular complexity index is 1070. The fraction of sp³-hybridized carbons (Fsp3) is 0.316. The molecule has 3 aromatic rings. The van der Waals surface area contributed by atoms with Gasteiger partial charge in [-0.15, -0.1) is 5.10 Å². The van der Waals surface area contributed by atoms with Crippen LogP contribution in [0.1, 0.15) is 29.9 Å². The lowest BCUT2D eigenvalue weighted by Gasteiger charge is -2.15. The number of anilines is 1. The van der Waals surface area contributed by atoms with Gasteiger partial charge >= 0.3 is 0 Å². The van der Waals surface area contributed by atoms with Crippen molar-refractivity contribution in [3.63, 3.8) is 0 Å². The summed E-state index contributed by atoms with van der Waals surface area (Å²) in [6.45, 7) is 5.09. The molecule has 0 aliphatic heterocycles. The van der Waals surface area contributed by atoms with Gasteiger partial charge in [0.2, 0.25) is 5.13 Å². The van der Waals surface area contributed by atoms with Crippen LogP contribution in [0.2, 0.25) is 5.15 Å². The number of nitrogens with one attached hydrogen (secondary N) is 1. The fourth-order valence-electron chi connectivity index (χ4n) is 2.48. The van der Waals surface area contributed by atoms with Crippen molar-refractivity contribution >= 4 is 34.0 Å². The third-order valence-corrected chi connectivity index (χ3v) is 4.76. The van der Waals surface area contributed by atoms with E-state index >= 15 is 0 Å². The minimum Gasteiger partial charge on any atom is -0.494 e. The largest absolute Gasteiger partial charge is 0.494 e. The SMILES string of the molecule is COc1cnc(Cl)cc1-c1cc(C)ncc1C(=O)Nc1nnc(OCC(C)(C)O)s1. The smallest absolute Gasteiger partial charge is 0.295 e. The molecule has 0 saturated carbocycles. The zero-order chi connectivity index (χ0) is 21.9. The van der Waals surface area contributed by atoms with E-state index in [4.69, 9.17) is 21.1 Å². The number of carbonyl (C=O) groups is 1. The number of hydrogen-bond donors (Lipinski definition) is 2. The highest BCUT2D eigenvalue weighted by Crippen LogP contribution is 2.34. The molecule has 3 rings (SSSR count). The molecule has 0 unspecified atom stereocenters. The van der Waals surface area contributed by atoms with Crippen LogP contribution in [0.5, 0.6) is 10.9 Å². The van der Waals surface area contributed by atoms with Crippen molar-refractivity contribution in [2.24, 2.45) is 0 Å². The van der Waals surface area contributed by atoms with Crippen molar-refractivity contribution in [3.8, 4) is 22.1 Å². The quantitative estimate of drug-likeness (QED) is 0.527. The Morgan fingerprint density at radius 2 is 2.00 bits per heavy atom. The van der Waals surface area contributed by atoms with Crippen LogP contribution in [0.25, 0.3) is 11.1 Å². The molecule has 2 N–H and O–H groups in total. The van der Waals surface area contributed by atoms with Gasteiger partial charge in [0.1, 0.15) is 17.5 Å². The summed E-state index contributed by atoms with van der Waals surface area (Å²) in [6, 6.07) is 3.39. The Morgan fingerprint density at radius 3 is 2.70 bits per heavy atom. The standard InChI is InChI=1S/C19H20ClN5O4S/c1-10-5-11(12-6-15(20)22-8-14(12)28-4)13(7-21-10)16(26)23-17-24-25-18(30-17)29-9-19(2,3)27/h5-8,27H,9H2,1-4H3,(H,23,24,26). The predicted octanol–water partition coefficient (Wildman–Crippen LogP) is 3.37. The number of carbonyl (C=O) groups excluding carboxylic acids is 1. The van der Waals surface area contributed by atoms with Gasteiger partial charge in [-0.3, -0.25) is 15.1 Å². The van der Waals surface area contributed by atoms with Gasteiger partial charge in [-0.05, 0) is 44.2 Å². The Labute approximate surface area is 182 Å². The number of hydrogen-bond acceptors (Lipinski definition) is 9. The van der Waals surface area contributed by atoms with Crippen molar-refractivity contribution < 1.29 is 19.4 Å². The zero-order valence-corrected chi connectivity index (χ0v) is 18.3. The first-order chi connectivity index (χ1) is 14.2. The second-order valence-electron chi connectivity index (χ2n) is 7.01. The molecule has 11 heteroatoms. The van der Waals surface area contributed by atoms with E-state index in [2.05, 4.69) is 25.5 Å². The lowest BCUT2D eigenvalue weighted by atomic mass is 10.0. The molecule has 0 aliphatic rings. The first-order valence-electron chi connectivity index (χ1n) is 8.83. The van der Waals surface area contributed by atoms with E-state index in [-0.39, 0.29) is 22.1 Å². The monoisotopic (exact) mass is 449 g/mol. The summed E-state index contributed by atoms with van der Waals surface area (Å²) in [7, 11) is 1.51. The molecule has 3 heterocycles. The number of ether oxygens (including phenoxy) is 2. The molecule has 0 radical (unpaired) electrons. The number of aliphatic hydroxyl groups is 1. The van der Waals surface area contributed by atoms with Gasteiger partial charge in [-0.25, -0.2) is 4.98 Å². The Balaban J connectivity index is 1.88. The number of methoxy groups -OCH3 is 1. The first-order valence-corrected chi connectivity index (χ1v) is 10.0. The average molecular weight is 450 g/mol. The van der Waals surface area contributed by atoms with Crippen LogP contribution in [0.4, 0.5) is 5.13 Å². The molecule has 0 spiro atoms. The summed E-state index contributed by atoms with van der Waals surface area (Å²) in [6.07, 6.45) is 2.96. The molecule has 9 nitrogen and oxygen atoms in total. The zero-order valence-electron chi connectivity index (χ0n) is 16.8. The van der Waals surface area contributed by atoms with Crippen molar-refractivity contribution in [1.82, 2.24) is 20.2 Å². The van der Waals surface area contributed by atoms with Crippen LogP contribution in [-0.2, 0) is 0 Å². The molecule has 0 fully saturated rings. The van der Waals surface area contributed by atoms with Crippen LogP contribution < -0.4 is 14.8 Å². The Morgan fingerprint density at radius 1 is 1.23 bits per heavy atom. The molecule has 158 valence electrons. The highest BCUT2D eigenvalue weighted by atomic mass is 35.5. The molecule has 0 aliphatic carbocycles.